The van der Waals surface area contributed by atoms with Crippen molar-refractivity contribution in [1.82, 2.24) is 5.32 Å². The van der Waals surface area contributed by atoms with E-state index in [1.165, 1.54) is 5.56 Å². The summed E-state index contributed by atoms with van der Waals surface area (Å²) in [6.45, 7) is 3.75. The molecule has 1 N–H and O–H groups in total. The molecule has 0 radical (unpaired) electrons. The van der Waals surface area contributed by atoms with Crippen molar-refractivity contribution in [3.63, 3.8) is 0 Å². The lowest BCUT2D eigenvalue weighted by Crippen LogP contribution is -2.41. The van der Waals surface area contributed by atoms with E-state index in [1.54, 1.807) is 31.2 Å². The van der Waals surface area contributed by atoms with Crippen molar-refractivity contribution in [2.24, 2.45) is 0 Å². The summed E-state index contributed by atoms with van der Waals surface area (Å²) in [5.41, 5.74) is 1.28. The number of benzene rings is 2. The first-order chi connectivity index (χ1) is 11.0. The van der Waals surface area contributed by atoms with Gasteiger partial charge in [0.1, 0.15) is 5.75 Å². The largest absolute Gasteiger partial charge is 0.481 e. The average Bonchev–Trinajstić information content (AvgIpc) is 2.56. The lowest BCUT2D eigenvalue weighted by Gasteiger charge is -2.19. The summed E-state index contributed by atoms with van der Waals surface area (Å²) in [7, 11) is 0. The molecule has 4 heteroatoms. The van der Waals surface area contributed by atoms with Crippen LogP contribution in [0.5, 0.6) is 5.75 Å². The average molecular weight is 332 g/mol. The van der Waals surface area contributed by atoms with Crippen molar-refractivity contribution < 1.29 is 9.53 Å². The highest BCUT2D eigenvalue weighted by Crippen LogP contribution is 2.17. The molecule has 0 heterocycles. The number of rotatable bonds is 7. The zero-order valence-electron chi connectivity index (χ0n) is 13.5. The van der Waals surface area contributed by atoms with E-state index >= 15 is 0 Å². The van der Waals surface area contributed by atoms with Gasteiger partial charge in [-0.1, -0.05) is 41.9 Å². The number of halogens is 1. The molecule has 0 aliphatic rings. The van der Waals surface area contributed by atoms with Gasteiger partial charge < -0.3 is 10.1 Å². The monoisotopic (exact) mass is 331 g/mol. The number of amides is 1. The number of carbonyl (C=O) groups is 1. The summed E-state index contributed by atoms with van der Waals surface area (Å²) in [5, 5.41) is 3.63. The predicted molar refractivity (Wildman–Crippen MR) is 93.9 cm³/mol. The molecule has 0 fully saturated rings. The summed E-state index contributed by atoms with van der Waals surface area (Å²) in [5.74, 6) is 0.523. The second kappa shape index (κ2) is 8.59. The Morgan fingerprint density at radius 3 is 2.39 bits per heavy atom. The summed E-state index contributed by atoms with van der Waals surface area (Å²) in [6, 6.07) is 17.3. The van der Waals surface area contributed by atoms with Gasteiger partial charge in [-0.15, -0.1) is 0 Å². The van der Waals surface area contributed by atoms with Gasteiger partial charge in [0.15, 0.2) is 6.10 Å². The molecule has 1 amide bonds. The van der Waals surface area contributed by atoms with Gasteiger partial charge in [0.25, 0.3) is 5.91 Å². The summed E-state index contributed by atoms with van der Waals surface area (Å²) in [6.07, 6.45) is 1.29. The Morgan fingerprint density at radius 2 is 1.74 bits per heavy atom. The maximum atomic E-state index is 12.2. The molecule has 0 saturated heterocycles. The molecule has 3 nitrogen and oxygen atoms in total. The number of ether oxygens (including phenoxy) is 1. The highest BCUT2D eigenvalue weighted by molar-refractivity contribution is 6.30. The molecule has 23 heavy (non-hydrogen) atoms. The third kappa shape index (κ3) is 5.95. The van der Waals surface area contributed by atoms with Gasteiger partial charge in [0.2, 0.25) is 0 Å². The third-order valence-corrected chi connectivity index (χ3v) is 3.85. The summed E-state index contributed by atoms with van der Waals surface area (Å²) in [4.78, 5) is 12.2. The zero-order valence-corrected chi connectivity index (χ0v) is 14.2. The summed E-state index contributed by atoms with van der Waals surface area (Å²) >= 11 is 5.83. The van der Waals surface area contributed by atoms with Crippen molar-refractivity contribution >= 4 is 17.5 Å². The molecule has 2 aromatic rings. The van der Waals surface area contributed by atoms with Crippen LogP contribution >= 0.6 is 11.6 Å². The maximum absolute atomic E-state index is 12.2. The predicted octanol–water partition coefficient (Wildman–Crippen LogP) is 4.24. The second-order valence-corrected chi connectivity index (χ2v) is 6.08. The van der Waals surface area contributed by atoms with Crippen LogP contribution in [-0.4, -0.2) is 18.1 Å². The normalized spacial score (nSPS) is 13.2. The van der Waals surface area contributed by atoms with E-state index in [0.717, 1.165) is 12.8 Å². The second-order valence-electron chi connectivity index (χ2n) is 5.65. The summed E-state index contributed by atoms with van der Waals surface area (Å²) < 4.78 is 5.62. The van der Waals surface area contributed by atoms with E-state index in [9.17, 15) is 4.79 Å². The van der Waals surface area contributed by atoms with Crippen LogP contribution in [0.2, 0.25) is 5.02 Å². The minimum absolute atomic E-state index is 0.0963. The molecule has 0 aliphatic carbocycles. The zero-order chi connectivity index (χ0) is 16.7. The number of hydrogen-bond acceptors (Lipinski definition) is 2. The lowest BCUT2D eigenvalue weighted by atomic mass is 10.1. The molecule has 2 unspecified atom stereocenters. The van der Waals surface area contributed by atoms with Crippen LogP contribution in [0.15, 0.2) is 54.6 Å². The standard InChI is InChI=1S/C19H22ClNO2/c1-14(8-9-16-6-4-3-5-7-16)21-19(22)15(2)23-18-12-10-17(20)11-13-18/h3-7,10-15H,8-9H2,1-2H3,(H,21,22). The van der Waals surface area contributed by atoms with Gasteiger partial charge in [0.05, 0.1) is 0 Å². The van der Waals surface area contributed by atoms with E-state index in [-0.39, 0.29) is 11.9 Å². The maximum Gasteiger partial charge on any atom is 0.260 e. The molecule has 0 spiro atoms. The number of hydrogen-bond donors (Lipinski definition) is 1. The van der Waals surface area contributed by atoms with Gasteiger partial charge in [-0.3, -0.25) is 4.79 Å². The number of carbonyl (C=O) groups excluding carboxylic acids is 1. The Morgan fingerprint density at radius 1 is 1.09 bits per heavy atom. The fourth-order valence-corrected chi connectivity index (χ4v) is 2.36. The Balaban J connectivity index is 1.77. The highest BCUT2D eigenvalue weighted by atomic mass is 35.5. The van der Waals surface area contributed by atoms with Crippen LogP contribution in [0.1, 0.15) is 25.8 Å². The van der Waals surface area contributed by atoms with Crippen molar-refractivity contribution in [3.8, 4) is 5.75 Å². The molecule has 2 atom stereocenters. The van der Waals surface area contributed by atoms with Gasteiger partial charge in [0, 0.05) is 11.1 Å². The Hall–Kier alpha value is -2.00. The van der Waals surface area contributed by atoms with Crippen molar-refractivity contribution in [1.29, 1.82) is 0 Å². The van der Waals surface area contributed by atoms with Crippen LogP contribution in [0.25, 0.3) is 0 Å². The fraction of sp³-hybridized carbons (Fsp3) is 0.316. The molecule has 0 bridgehead atoms. The number of nitrogens with one attached hydrogen (secondary N) is 1. The van der Waals surface area contributed by atoms with Gasteiger partial charge >= 0.3 is 0 Å². The van der Waals surface area contributed by atoms with E-state index < -0.39 is 6.10 Å². The molecule has 2 aromatic carbocycles. The van der Waals surface area contributed by atoms with Gasteiger partial charge in [-0.2, -0.15) is 0 Å². The minimum atomic E-state index is -0.546. The topological polar surface area (TPSA) is 38.3 Å². The Bertz CT molecular complexity index is 613. The number of aryl methyl sites for hydroxylation is 1. The minimum Gasteiger partial charge on any atom is -0.481 e. The van der Waals surface area contributed by atoms with E-state index in [0.29, 0.717) is 10.8 Å². The van der Waals surface area contributed by atoms with Gasteiger partial charge in [-0.05, 0) is 56.5 Å². The molecule has 0 aromatic heterocycles. The first kappa shape index (κ1) is 17.4. The van der Waals surface area contributed by atoms with E-state index in [2.05, 4.69) is 17.4 Å². The quantitative estimate of drug-likeness (QED) is 0.824. The van der Waals surface area contributed by atoms with Gasteiger partial charge in [-0.25, -0.2) is 0 Å². The molecule has 0 saturated carbocycles. The molecule has 0 aliphatic heterocycles. The first-order valence-corrected chi connectivity index (χ1v) is 8.19. The van der Waals surface area contributed by atoms with Crippen molar-refractivity contribution in [3.05, 3.63) is 65.2 Å². The van der Waals surface area contributed by atoms with E-state index in [1.807, 2.05) is 25.1 Å². The molecular weight excluding hydrogens is 310 g/mol. The van der Waals surface area contributed by atoms with Crippen LogP contribution in [-0.2, 0) is 11.2 Å². The van der Waals surface area contributed by atoms with Crippen LogP contribution in [0.3, 0.4) is 0 Å². The Kier molecular flexibility index (Phi) is 6.48. The third-order valence-electron chi connectivity index (χ3n) is 3.59. The Labute approximate surface area is 142 Å². The lowest BCUT2D eigenvalue weighted by molar-refractivity contribution is -0.127. The van der Waals surface area contributed by atoms with Crippen molar-refractivity contribution in [2.75, 3.05) is 0 Å². The molecular formula is C19H22ClNO2. The smallest absolute Gasteiger partial charge is 0.260 e. The molecule has 122 valence electrons. The van der Waals surface area contributed by atoms with Crippen molar-refractivity contribution in [2.45, 2.75) is 38.8 Å². The highest BCUT2D eigenvalue weighted by Gasteiger charge is 2.16. The first-order valence-electron chi connectivity index (χ1n) is 7.81. The SMILES string of the molecule is CC(CCc1ccccc1)NC(=O)C(C)Oc1ccc(Cl)cc1. The van der Waals surface area contributed by atoms with E-state index in [4.69, 9.17) is 16.3 Å². The fourth-order valence-electron chi connectivity index (χ4n) is 2.23. The van der Waals surface area contributed by atoms with Crippen LogP contribution in [0.4, 0.5) is 0 Å². The van der Waals surface area contributed by atoms with Crippen LogP contribution in [0, 0.1) is 0 Å². The van der Waals surface area contributed by atoms with Crippen LogP contribution < -0.4 is 10.1 Å². The molecule has 2 rings (SSSR count).